The van der Waals surface area contributed by atoms with E-state index in [0.29, 0.717) is 12.6 Å². The highest BCUT2D eigenvalue weighted by Crippen LogP contribution is 2.15. The normalized spacial score (nSPS) is 19.2. The summed E-state index contributed by atoms with van der Waals surface area (Å²) < 4.78 is 38.3. The number of benzene rings is 1. The third kappa shape index (κ3) is 4.99. The lowest BCUT2D eigenvalue weighted by atomic mass is 10.0. The van der Waals surface area contributed by atoms with Crippen LogP contribution in [0.3, 0.4) is 0 Å². The fourth-order valence-corrected chi connectivity index (χ4v) is 3.83. The number of rotatable bonds is 7. The summed E-state index contributed by atoms with van der Waals surface area (Å²) in [5.41, 5.74) is 0.275. The number of piperidine rings is 1. The van der Waals surface area contributed by atoms with Gasteiger partial charge in [0.25, 0.3) is 5.91 Å². The molecule has 1 aromatic rings. The molecule has 0 bridgehead atoms. The quantitative estimate of drug-likeness (QED) is 0.767. The second kappa shape index (κ2) is 8.55. The number of nitrogens with one attached hydrogen (secondary N) is 2. The Labute approximate surface area is 142 Å². The Kier molecular flexibility index (Phi) is 6.70. The van der Waals surface area contributed by atoms with E-state index in [1.807, 2.05) is 7.05 Å². The Morgan fingerprint density at radius 2 is 2.17 bits per heavy atom. The highest BCUT2D eigenvalue weighted by molar-refractivity contribution is 7.89. The summed E-state index contributed by atoms with van der Waals surface area (Å²) in [6, 6.07) is 6.06. The molecule has 8 heteroatoms. The van der Waals surface area contributed by atoms with Crippen LogP contribution in [0.5, 0.6) is 0 Å². The molecule has 1 aromatic carbocycles. The molecule has 0 saturated carbocycles. The Morgan fingerprint density at radius 1 is 1.38 bits per heavy atom. The Hall–Kier alpha value is -1.51. The van der Waals surface area contributed by atoms with Crippen molar-refractivity contribution in [3.63, 3.8) is 0 Å². The highest BCUT2D eigenvalue weighted by Gasteiger charge is 2.20. The first-order chi connectivity index (χ1) is 11.4. The lowest BCUT2D eigenvalue weighted by molar-refractivity contribution is 0.0928. The molecule has 2 rings (SSSR count). The summed E-state index contributed by atoms with van der Waals surface area (Å²) in [6.07, 6.45) is 3.37. The van der Waals surface area contributed by atoms with E-state index in [4.69, 9.17) is 0 Å². The van der Waals surface area contributed by atoms with Crippen molar-refractivity contribution in [3.05, 3.63) is 29.8 Å². The number of likely N-dealkylation sites (tertiary alicyclic amines) is 1. The molecule has 1 aliphatic rings. The van der Waals surface area contributed by atoms with E-state index in [-0.39, 0.29) is 22.9 Å². The standard InChI is InChI=1S/C16H24FN3O3S/c1-20-10-3-2-6-14(20)12-18-16(21)13-5-4-7-15(11-13)24(22,23)19-9-8-17/h4-5,7,11,14,19H,2-3,6,8-10,12H2,1H3,(H,18,21)/t14-/m1/s1. The highest BCUT2D eigenvalue weighted by atomic mass is 32.2. The lowest BCUT2D eigenvalue weighted by Crippen LogP contribution is -2.44. The second-order valence-corrected chi connectivity index (χ2v) is 7.72. The first-order valence-corrected chi connectivity index (χ1v) is 9.56. The van der Waals surface area contributed by atoms with Crippen molar-refractivity contribution in [2.45, 2.75) is 30.2 Å². The van der Waals surface area contributed by atoms with Gasteiger partial charge in [0, 0.05) is 24.7 Å². The molecule has 1 saturated heterocycles. The topological polar surface area (TPSA) is 78.5 Å². The van der Waals surface area contributed by atoms with E-state index in [1.54, 1.807) is 6.07 Å². The van der Waals surface area contributed by atoms with Crippen molar-refractivity contribution in [1.29, 1.82) is 0 Å². The van der Waals surface area contributed by atoms with Crippen molar-refractivity contribution in [3.8, 4) is 0 Å². The summed E-state index contributed by atoms with van der Waals surface area (Å²) >= 11 is 0. The fraction of sp³-hybridized carbons (Fsp3) is 0.562. The molecular formula is C16H24FN3O3S. The molecule has 1 amide bonds. The Morgan fingerprint density at radius 3 is 2.88 bits per heavy atom. The summed E-state index contributed by atoms with van der Waals surface area (Å²) in [6.45, 7) is 0.488. The van der Waals surface area contributed by atoms with Crippen molar-refractivity contribution in [1.82, 2.24) is 14.9 Å². The van der Waals surface area contributed by atoms with Crippen LogP contribution in [0.15, 0.2) is 29.2 Å². The summed E-state index contributed by atoms with van der Waals surface area (Å²) in [5, 5.41) is 2.87. The number of hydrogen-bond donors (Lipinski definition) is 2. The van der Waals surface area contributed by atoms with Crippen LogP contribution in [-0.4, -0.2) is 58.6 Å². The van der Waals surface area contributed by atoms with E-state index in [9.17, 15) is 17.6 Å². The van der Waals surface area contributed by atoms with E-state index in [0.717, 1.165) is 19.4 Å². The van der Waals surface area contributed by atoms with Crippen LogP contribution >= 0.6 is 0 Å². The average molecular weight is 357 g/mol. The minimum Gasteiger partial charge on any atom is -0.350 e. The number of carbonyl (C=O) groups excluding carboxylic acids is 1. The van der Waals surface area contributed by atoms with E-state index < -0.39 is 16.7 Å². The third-order valence-corrected chi connectivity index (χ3v) is 5.67. The summed E-state index contributed by atoms with van der Waals surface area (Å²) in [5.74, 6) is -0.309. The number of carbonyl (C=O) groups is 1. The van der Waals surface area contributed by atoms with Crippen LogP contribution in [0.4, 0.5) is 4.39 Å². The van der Waals surface area contributed by atoms with Crippen molar-refractivity contribution >= 4 is 15.9 Å². The monoisotopic (exact) mass is 357 g/mol. The van der Waals surface area contributed by atoms with E-state index >= 15 is 0 Å². The van der Waals surface area contributed by atoms with Crippen LogP contribution in [0.25, 0.3) is 0 Å². The molecule has 1 fully saturated rings. The smallest absolute Gasteiger partial charge is 0.251 e. The molecular weight excluding hydrogens is 333 g/mol. The van der Waals surface area contributed by atoms with Crippen molar-refractivity contribution in [2.75, 3.05) is 33.4 Å². The minimum absolute atomic E-state index is 0.0432. The van der Waals surface area contributed by atoms with Crippen LogP contribution < -0.4 is 10.0 Å². The summed E-state index contributed by atoms with van der Waals surface area (Å²) in [4.78, 5) is 14.5. The van der Waals surface area contributed by atoms with Crippen LogP contribution in [0, 0.1) is 0 Å². The van der Waals surface area contributed by atoms with Gasteiger partial charge >= 0.3 is 0 Å². The van der Waals surface area contributed by atoms with Gasteiger partial charge in [-0.05, 0) is 44.6 Å². The Bertz CT molecular complexity index is 666. The summed E-state index contributed by atoms with van der Waals surface area (Å²) in [7, 11) is -1.76. The SMILES string of the molecule is CN1CCCC[C@@H]1CNC(=O)c1cccc(S(=O)(=O)NCCF)c1. The molecule has 0 aliphatic carbocycles. The zero-order valence-electron chi connectivity index (χ0n) is 13.8. The minimum atomic E-state index is -3.80. The van der Waals surface area contributed by atoms with Gasteiger partial charge in [-0.3, -0.25) is 4.79 Å². The molecule has 2 N–H and O–H groups in total. The number of hydrogen-bond acceptors (Lipinski definition) is 4. The zero-order valence-corrected chi connectivity index (χ0v) is 14.6. The maximum absolute atomic E-state index is 12.3. The molecule has 0 radical (unpaired) electrons. The van der Waals surface area contributed by atoms with Crippen LogP contribution in [0.1, 0.15) is 29.6 Å². The Balaban J connectivity index is 2.01. The largest absolute Gasteiger partial charge is 0.350 e. The predicted octanol–water partition coefficient (Wildman–Crippen LogP) is 1.15. The van der Waals surface area contributed by atoms with E-state index in [1.165, 1.54) is 24.6 Å². The van der Waals surface area contributed by atoms with Gasteiger partial charge in [-0.15, -0.1) is 0 Å². The predicted molar refractivity (Wildman–Crippen MR) is 90.2 cm³/mol. The lowest BCUT2D eigenvalue weighted by Gasteiger charge is -2.32. The molecule has 1 atom stereocenters. The molecule has 1 heterocycles. The van der Waals surface area contributed by atoms with Gasteiger partial charge in [0.15, 0.2) is 0 Å². The maximum Gasteiger partial charge on any atom is 0.251 e. The molecule has 0 unspecified atom stereocenters. The first kappa shape index (κ1) is 18.8. The third-order valence-electron chi connectivity index (χ3n) is 4.21. The van der Waals surface area contributed by atoms with Gasteiger partial charge in [-0.1, -0.05) is 12.5 Å². The molecule has 0 spiro atoms. The van der Waals surface area contributed by atoms with Gasteiger partial charge in [0.05, 0.1) is 4.90 Å². The van der Waals surface area contributed by atoms with Crippen LogP contribution in [-0.2, 0) is 10.0 Å². The second-order valence-electron chi connectivity index (χ2n) is 5.95. The number of nitrogens with zero attached hydrogens (tertiary/aromatic N) is 1. The zero-order chi connectivity index (χ0) is 17.6. The van der Waals surface area contributed by atoms with E-state index in [2.05, 4.69) is 14.9 Å². The van der Waals surface area contributed by atoms with Crippen molar-refractivity contribution in [2.24, 2.45) is 0 Å². The number of likely N-dealkylation sites (N-methyl/N-ethyl adjacent to an activating group) is 1. The molecule has 1 aliphatic heterocycles. The number of halogens is 1. The first-order valence-electron chi connectivity index (χ1n) is 8.08. The number of alkyl halides is 1. The molecule has 0 aromatic heterocycles. The van der Waals surface area contributed by atoms with Crippen molar-refractivity contribution < 1.29 is 17.6 Å². The average Bonchev–Trinajstić information content (AvgIpc) is 2.59. The van der Waals surface area contributed by atoms with Gasteiger partial charge in [0.1, 0.15) is 6.67 Å². The van der Waals surface area contributed by atoms with Gasteiger partial charge in [-0.2, -0.15) is 0 Å². The fourth-order valence-electron chi connectivity index (χ4n) is 2.78. The molecule has 24 heavy (non-hydrogen) atoms. The molecule has 134 valence electrons. The molecule has 6 nitrogen and oxygen atoms in total. The van der Waals surface area contributed by atoms with Gasteiger partial charge in [0.2, 0.25) is 10.0 Å². The maximum atomic E-state index is 12.3. The number of amides is 1. The van der Waals surface area contributed by atoms with Gasteiger partial charge in [-0.25, -0.2) is 17.5 Å². The van der Waals surface area contributed by atoms with Gasteiger partial charge < -0.3 is 10.2 Å². The van der Waals surface area contributed by atoms with Crippen LogP contribution in [0.2, 0.25) is 0 Å². The number of sulfonamides is 1.